The molecule has 0 unspecified atom stereocenters. The Morgan fingerprint density at radius 1 is 1.35 bits per heavy atom. The molecule has 2 amide bonds. The summed E-state index contributed by atoms with van der Waals surface area (Å²) in [6, 6.07) is 0.147. The van der Waals surface area contributed by atoms with Crippen LogP contribution >= 0.6 is 0 Å². The molecule has 1 N–H and O–H groups in total. The van der Waals surface area contributed by atoms with Crippen molar-refractivity contribution < 1.29 is 14.3 Å². The fourth-order valence-corrected chi connectivity index (χ4v) is 2.26. The Bertz CT molecular complexity index is 396. The number of rotatable bonds is 5. The average Bonchev–Trinajstić information content (AvgIpc) is 3.16. The number of hydrogen-bond donors (Lipinski definition) is 1. The second-order valence-corrected chi connectivity index (χ2v) is 5.44. The second kappa shape index (κ2) is 6.19. The van der Waals surface area contributed by atoms with E-state index in [9.17, 15) is 9.59 Å². The molecule has 0 aromatic rings. The highest BCUT2D eigenvalue weighted by Gasteiger charge is 2.34. The zero-order chi connectivity index (χ0) is 14.6. The maximum atomic E-state index is 11.8. The fourth-order valence-electron chi connectivity index (χ4n) is 2.26. The van der Waals surface area contributed by atoms with Gasteiger partial charge in [-0.15, -0.1) is 0 Å². The quantitative estimate of drug-likeness (QED) is 0.832. The zero-order valence-electron chi connectivity index (χ0n) is 12.1. The van der Waals surface area contributed by atoms with Gasteiger partial charge < -0.3 is 15.0 Å². The molecule has 2 rings (SSSR count). The minimum Gasteiger partial charge on any atom is -0.450 e. The molecule has 2 aliphatic heterocycles. The smallest absolute Gasteiger partial charge is 0.409 e. The van der Waals surface area contributed by atoms with Crippen LogP contribution in [-0.2, 0) is 9.53 Å². The third-order valence-electron chi connectivity index (χ3n) is 3.65. The van der Waals surface area contributed by atoms with Crippen LogP contribution in [0.2, 0.25) is 0 Å². The molecule has 0 radical (unpaired) electrons. The number of carbonyl (C=O) groups is 2. The van der Waals surface area contributed by atoms with Crippen LogP contribution in [0, 0.1) is 0 Å². The highest BCUT2D eigenvalue weighted by atomic mass is 16.6. The van der Waals surface area contributed by atoms with Crippen molar-refractivity contribution in [1.29, 1.82) is 0 Å². The summed E-state index contributed by atoms with van der Waals surface area (Å²) in [6.07, 6.45) is 2.40. The predicted octanol–water partition coefficient (Wildman–Crippen LogP) is 1.69. The van der Waals surface area contributed by atoms with E-state index in [0.29, 0.717) is 32.5 Å². The highest BCUT2D eigenvalue weighted by molar-refractivity contribution is 5.76. The summed E-state index contributed by atoms with van der Waals surface area (Å²) in [5, 5.41) is 10.8. The molecule has 1 saturated heterocycles. The Labute approximate surface area is 118 Å². The Balaban J connectivity index is 1.63. The molecule has 0 aromatic heterocycles. The minimum atomic E-state index is -0.315. The van der Waals surface area contributed by atoms with E-state index in [1.54, 1.807) is 11.8 Å². The molecule has 2 heterocycles. The topological polar surface area (TPSA) is 83.4 Å². The molecular weight excluding hydrogens is 260 g/mol. The van der Waals surface area contributed by atoms with Crippen molar-refractivity contribution in [2.75, 3.05) is 19.7 Å². The van der Waals surface area contributed by atoms with Crippen molar-refractivity contribution in [3.05, 3.63) is 0 Å². The molecule has 7 nitrogen and oxygen atoms in total. The zero-order valence-corrected chi connectivity index (χ0v) is 12.1. The van der Waals surface area contributed by atoms with E-state index in [1.807, 2.05) is 6.92 Å². The Kier molecular flexibility index (Phi) is 4.57. The fraction of sp³-hybridized carbons (Fsp3) is 0.846. The van der Waals surface area contributed by atoms with Gasteiger partial charge in [0, 0.05) is 32.0 Å². The van der Waals surface area contributed by atoms with Crippen molar-refractivity contribution in [3.8, 4) is 0 Å². The van der Waals surface area contributed by atoms with Crippen LogP contribution in [0.5, 0.6) is 0 Å². The average molecular weight is 282 g/mol. The lowest BCUT2D eigenvalue weighted by molar-refractivity contribution is -0.122. The third kappa shape index (κ3) is 4.18. The van der Waals surface area contributed by atoms with Gasteiger partial charge in [0.25, 0.3) is 0 Å². The van der Waals surface area contributed by atoms with E-state index in [1.165, 1.54) is 0 Å². The summed E-state index contributed by atoms with van der Waals surface area (Å²) in [6.45, 7) is 5.37. The Hall–Kier alpha value is -1.66. The SMILES string of the molecule is CCOC(=O)N1CCC(NC(=O)CCC2(C)N=N2)CC1. The molecule has 0 spiro atoms. The van der Waals surface area contributed by atoms with E-state index in [0.717, 1.165) is 12.8 Å². The standard InChI is InChI=1S/C13H22N4O3/c1-3-20-12(19)17-8-5-10(6-9-17)14-11(18)4-7-13(2)15-16-13/h10H,3-9H2,1-2H3,(H,14,18). The maximum absolute atomic E-state index is 11.8. The van der Waals surface area contributed by atoms with Gasteiger partial charge in [-0.25, -0.2) is 4.79 Å². The summed E-state index contributed by atoms with van der Waals surface area (Å²) < 4.78 is 4.96. The van der Waals surface area contributed by atoms with E-state index in [4.69, 9.17) is 4.74 Å². The van der Waals surface area contributed by atoms with Crippen molar-refractivity contribution >= 4 is 12.0 Å². The van der Waals surface area contributed by atoms with E-state index in [2.05, 4.69) is 15.5 Å². The molecule has 7 heteroatoms. The van der Waals surface area contributed by atoms with E-state index in [-0.39, 0.29) is 23.7 Å². The van der Waals surface area contributed by atoms with Gasteiger partial charge in [0.05, 0.1) is 6.61 Å². The van der Waals surface area contributed by atoms with Crippen LogP contribution < -0.4 is 5.32 Å². The van der Waals surface area contributed by atoms with Gasteiger partial charge in [-0.2, -0.15) is 10.2 Å². The summed E-state index contributed by atoms with van der Waals surface area (Å²) in [5.41, 5.74) is -0.315. The second-order valence-electron chi connectivity index (χ2n) is 5.44. The van der Waals surface area contributed by atoms with Gasteiger partial charge in [-0.3, -0.25) is 4.79 Å². The normalized spacial score (nSPS) is 20.6. The van der Waals surface area contributed by atoms with Gasteiger partial charge in [-0.05, 0) is 26.7 Å². The van der Waals surface area contributed by atoms with Crippen LogP contribution in [0.3, 0.4) is 0 Å². The first kappa shape index (κ1) is 14.7. The van der Waals surface area contributed by atoms with E-state index < -0.39 is 0 Å². The summed E-state index contributed by atoms with van der Waals surface area (Å²) in [5.74, 6) is 0.0399. The van der Waals surface area contributed by atoms with Crippen molar-refractivity contribution in [1.82, 2.24) is 10.2 Å². The molecular formula is C13H22N4O3. The largest absolute Gasteiger partial charge is 0.450 e. The molecule has 0 saturated carbocycles. The predicted molar refractivity (Wildman–Crippen MR) is 72.3 cm³/mol. The number of carbonyl (C=O) groups excluding carboxylic acids is 2. The lowest BCUT2D eigenvalue weighted by Crippen LogP contribution is -2.46. The number of amides is 2. The van der Waals surface area contributed by atoms with Crippen LogP contribution in [-0.4, -0.2) is 48.3 Å². The molecule has 20 heavy (non-hydrogen) atoms. The van der Waals surface area contributed by atoms with Gasteiger partial charge in [-0.1, -0.05) is 0 Å². The third-order valence-corrected chi connectivity index (χ3v) is 3.65. The summed E-state index contributed by atoms with van der Waals surface area (Å²) >= 11 is 0. The first-order valence-corrected chi connectivity index (χ1v) is 7.17. The van der Waals surface area contributed by atoms with Crippen LogP contribution in [0.4, 0.5) is 4.79 Å². The molecule has 1 fully saturated rings. The number of piperidine rings is 1. The van der Waals surface area contributed by atoms with Crippen LogP contribution in [0.25, 0.3) is 0 Å². The number of likely N-dealkylation sites (tertiary alicyclic amines) is 1. The van der Waals surface area contributed by atoms with Crippen molar-refractivity contribution in [2.45, 2.75) is 51.2 Å². The number of hydrogen-bond acceptors (Lipinski definition) is 5. The number of nitrogens with zero attached hydrogens (tertiary/aromatic N) is 3. The molecule has 0 atom stereocenters. The van der Waals surface area contributed by atoms with E-state index >= 15 is 0 Å². The molecule has 0 aromatic carbocycles. The number of nitrogens with one attached hydrogen (secondary N) is 1. The number of ether oxygens (including phenoxy) is 1. The van der Waals surface area contributed by atoms with Crippen LogP contribution in [0.1, 0.15) is 39.5 Å². The summed E-state index contributed by atoms with van der Waals surface area (Å²) in [4.78, 5) is 25.0. The lowest BCUT2D eigenvalue weighted by atomic mass is 10.0. The Morgan fingerprint density at radius 2 is 2.00 bits per heavy atom. The first-order valence-electron chi connectivity index (χ1n) is 7.17. The molecule has 0 aliphatic carbocycles. The monoisotopic (exact) mass is 282 g/mol. The minimum absolute atomic E-state index is 0.0399. The molecule has 2 aliphatic rings. The van der Waals surface area contributed by atoms with Gasteiger partial charge in [0.2, 0.25) is 5.91 Å². The molecule has 112 valence electrons. The van der Waals surface area contributed by atoms with Gasteiger partial charge in [0.15, 0.2) is 5.66 Å². The first-order chi connectivity index (χ1) is 9.52. The van der Waals surface area contributed by atoms with Crippen molar-refractivity contribution in [3.63, 3.8) is 0 Å². The van der Waals surface area contributed by atoms with Gasteiger partial charge >= 0.3 is 6.09 Å². The maximum Gasteiger partial charge on any atom is 0.409 e. The highest BCUT2D eigenvalue weighted by Crippen LogP contribution is 2.31. The van der Waals surface area contributed by atoms with Crippen molar-refractivity contribution in [2.24, 2.45) is 10.2 Å². The van der Waals surface area contributed by atoms with Gasteiger partial charge in [0.1, 0.15) is 0 Å². The molecule has 0 bridgehead atoms. The van der Waals surface area contributed by atoms with Crippen LogP contribution in [0.15, 0.2) is 10.2 Å². The Morgan fingerprint density at radius 3 is 2.55 bits per heavy atom. The lowest BCUT2D eigenvalue weighted by Gasteiger charge is -2.31. The summed E-state index contributed by atoms with van der Waals surface area (Å²) in [7, 11) is 0.